The van der Waals surface area contributed by atoms with Crippen LogP contribution in [0.2, 0.25) is 5.02 Å². The predicted octanol–water partition coefficient (Wildman–Crippen LogP) is 1.70. The SMILES string of the molecule is CN1CCN(CC(CN)Cc2cccc(Cl)c2)CC1. The van der Waals surface area contributed by atoms with Gasteiger partial charge in [0.05, 0.1) is 0 Å². The standard InChI is InChI=1S/C15H24ClN3/c1-18-5-7-19(8-6-18)12-14(11-17)9-13-3-2-4-15(16)10-13/h2-4,10,14H,5-9,11-12,17H2,1H3. The van der Waals surface area contributed by atoms with Crippen molar-refractivity contribution in [2.45, 2.75) is 6.42 Å². The number of nitrogens with two attached hydrogens (primary N) is 1. The maximum Gasteiger partial charge on any atom is 0.0408 e. The van der Waals surface area contributed by atoms with E-state index in [0.29, 0.717) is 5.92 Å². The Morgan fingerprint density at radius 3 is 2.63 bits per heavy atom. The van der Waals surface area contributed by atoms with Crippen molar-refractivity contribution in [2.75, 3.05) is 46.3 Å². The largest absolute Gasteiger partial charge is 0.330 e. The summed E-state index contributed by atoms with van der Waals surface area (Å²) in [5.41, 5.74) is 7.22. The van der Waals surface area contributed by atoms with E-state index in [4.69, 9.17) is 17.3 Å². The van der Waals surface area contributed by atoms with E-state index in [1.54, 1.807) is 0 Å². The molecule has 106 valence electrons. The molecule has 19 heavy (non-hydrogen) atoms. The summed E-state index contributed by atoms with van der Waals surface area (Å²) in [5.74, 6) is 0.516. The second-order valence-electron chi connectivity index (χ2n) is 5.54. The maximum atomic E-state index is 6.03. The van der Waals surface area contributed by atoms with E-state index < -0.39 is 0 Å². The highest BCUT2D eigenvalue weighted by molar-refractivity contribution is 6.30. The Balaban J connectivity index is 1.86. The molecule has 1 heterocycles. The number of likely N-dealkylation sites (N-methyl/N-ethyl adjacent to an activating group) is 1. The molecule has 0 aliphatic carbocycles. The van der Waals surface area contributed by atoms with E-state index >= 15 is 0 Å². The zero-order chi connectivity index (χ0) is 13.7. The van der Waals surface area contributed by atoms with Crippen molar-refractivity contribution in [3.63, 3.8) is 0 Å². The lowest BCUT2D eigenvalue weighted by molar-refractivity contribution is 0.137. The second kappa shape index (κ2) is 7.25. The van der Waals surface area contributed by atoms with Crippen LogP contribution in [0.3, 0.4) is 0 Å². The van der Waals surface area contributed by atoms with Gasteiger partial charge in [-0.25, -0.2) is 0 Å². The van der Waals surface area contributed by atoms with Crippen molar-refractivity contribution in [3.05, 3.63) is 34.9 Å². The molecule has 0 radical (unpaired) electrons. The van der Waals surface area contributed by atoms with Crippen LogP contribution in [0, 0.1) is 5.92 Å². The van der Waals surface area contributed by atoms with E-state index in [1.807, 2.05) is 18.2 Å². The summed E-state index contributed by atoms with van der Waals surface area (Å²) in [6, 6.07) is 8.12. The molecular formula is C15H24ClN3. The molecule has 1 aliphatic heterocycles. The van der Waals surface area contributed by atoms with Crippen molar-refractivity contribution in [1.29, 1.82) is 0 Å². The molecule has 2 rings (SSSR count). The normalized spacial score (nSPS) is 19.5. The van der Waals surface area contributed by atoms with Crippen LogP contribution in [-0.2, 0) is 6.42 Å². The number of nitrogens with zero attached hydrogens (tertiary/aromatic N) is 2. The topological polar surface area (TPSA) is 32.5 Å². The van der Waals surface area contributed by atoms with Crippen LogP contribution in [0.1, 0.15) is 5.56 Å². The average Bonchev–Trinajstić information content (AvgIpc) is 2.40. The van der Waals surface area contributed by atoms with Crippen LogP contribution in [0.25, 0.3) is 0 Å². The van der Waals surface area contributed by atoms with Gasteiger partial charge < -0.3 is 15.5 Å². The first-order valence-electron chi connectivity index (χ1n) is 7.03. The zero-order valence-corrected chi connectivity index (χ0v) is 12.4. The van der Waals surface area contributed by atoms with Crippen molar-refractivity contribution >= 4 is 11.6 Å². The van der Waals surface area contributed by atoms with E-state index in [1.165, 1.54) is 5.56 Å². The third kappa shape index (κ3) is 4.77. The highest BCUT2D eigenvalue weighted by atomic mass is 35.5. The number of hydrogen-bond donors (Lipinski definition) is 1. The highest BCUT2D eigenvalue weighted by Gasteiger charge is 2.17. The molecule has 1 aliphatic rings. The molecule has 4 heteroatoms. The average molecular weight is 282 g/mol. The second-order valence-corrected chi connectivity index (χ2v) is 5.98. The third-order valence-electron chi connectivity index (χ3n) is 3.86. The van der Waals surface area contributed by atoms with Gasteiger partial charge in [0.15, 0.2) is 0 Å². The van der Waals surface area contributed by atoms with E-state index in [9.17, 15) is 0 Å². The Labute approximate surface area is 121 Å². The molecule has 2 N–H and O–H groups in total. The van der Waals surface area contributed by atoms with Gasteiger partial charge in [0.1, 0.15) is 0 Å². The van der Waals surface area contributed by atoms with Gasteiger partial charge in [-0.2, -0.15) is 0 Å². The molecule has 0 spiro atoms. The Hall–Kier alpha value is -0.610. The van der Waals surface area contributed by atoms with Crippen LogP contribution in [0.5, 0.6) is 0 Å². The Morgan fingerprint density at radius 2 is 2.00 bits per heavy atom. The molecular weight excluding hydrogens is 258 g/mol. The molecule has 0 bridgehead atoms. The quantitative estimate of drug-likeness (QED) is 0.892. The fraction of sp³-hybridized carbons (Fsp3) is 0.600. The van der Waals surface area contributed by atoms with Crippen LogP contribution >= 0.6 is 11.6 Å². The molecule has 0 saturated carbocycles. The summed E-state index contributed by atoms with van der Waals surface area (Å²) in [7, 11) is 2.18. The Kier molecular flexibility index (Phi) is 5.64. The fourth-order valence-electron chi connectivity index (χ4n) is 2.62. The molecule has 1 aromatic carbocycles. The Morgan fingerprint density at radius 1 is 1.26 bits per heavy atom. The number of halogens is 1. The summed E-state index contributed by atoms with van der Waals surface area (Å²) in [6.07, 6.45) is 1.02. The van der Waals surface area contributed by atoms with Crippen LogP contribution in [0.15, 0.2) is 24.3 Å². The molecule has 1 aromatic rings. The third-order valence-corrected chi connectivity index (χ3v) is 4.09. The smallest absolute Gasteiger partial charge is 0.0408 e. The van der Waals surface area contributed by atoms with Gasteiger partial charge in [0.25, 0.3) is 0 Å². The summed E-state index contributed by atoms with van der Waals surface area (Å²) in [4.78, 5) is 4.91. The lowest BCUT2D eigenvalue weighted by atomic mass is 9.98. The van der Waals surface area contributed by atoms with Gasteiger partial charge in [0.2, 0.25) is 0 Å². The summed E-state index contributed by atoms with van der Waals surface area (Å²) in [6.45, 7) is 6.46. The first kappa shape index (κ1) is 14.8. The van der Waals surface area contributed by atoms with Crippen LogP contribution in [-0.4, -0.2) is 56.1 Å². The zero-order valence-electron chi connectivity index (χ0n) is 11.7. The number of benzene rings is 1. The summed E-state index contributed by atoms with van der Waals surface area (Å²) in [5, 5.41) is 0.813. The van der Waals surface area contributed by atoms with Crippen LogP contribution < -0.4 is 5.73 Å². The lowest BCUT2D eigenvalue weighted by Gasteiger charge is -2.34. The molecule has 0 aromatic heterocycles. The minimum absolute atomic E-state index is 0.516. The van der Waals surface area contributed by atoms with Crippen molar-refractivity contribution in [1.82, 2.24) is 9.80 Å². The highest BCUT2D eigenvalue weighted by Crippen LogP contribution is 2.15. The van der Waals surface area contributed by atoms with Gasteiger partial charge >= 0.3 is 0 Å². The number of hydrogen-bond acceptors (Lipinski definition) is 3. The predicted molar refractivity (Wildman–Crippen MR) is 81.6 cm³/mol. The summed E-state index contributed by atoms with van der Waals surface area (Å²) < 4.78 is 0. The van der Waals surface area contributed by atoms with E-state index in [0.717, 1.165) is 50.7 Å². The van der Waals surface area contributed by atoms with Crippen molar-refractivity contribution < 1.29 is 0 Å². The monoisotopic (exact) mass is 281 g/mol. The van der Waals surface area contributed by atoms with Crippen molar-refractivity contribution in [2.24, 2.45) is 11.7 Å². The lowest BCUT2D eigenvalue weighted by Crippen LogP contribution is -2.47. The van der Waals surface area contributed by atoms with E-state index in [2.05, 4.69) is 22.9 Å². The van der Waals surface area contributed by atoms with Gasteiger partial charge in [-0.3, -0.25) is 0 Å². The molecule has 3 nitrogen and oxygen atoms in total. The van der Waals surface area contributed by atoms with Gasteiger partial charge in [-0.05, 0) is 43.6 Å². The van der Waals surface area contributed by atoms with E-state index in [-0.39, 0.29) is 0 Å². The van der Waals surface area contributed by atoms with Crippen LogP contribution in [0.4, 0.5) is 0 Å². The molecule has 1 fully saturated rings. The molecule has 0 amide bonds. The van der Waals surface area contributed by atoms with Gasteiger partial charge in [0, 0.05) is 37.7 Å². The number of piperazine rings is 1. The number of rotatable bonds is 5. The Bertz CT molecular complexity index is 389. The first-order chi connectivity index (χ1) is 9.17. The molecule has 1 atom stereocenters. The van der Waals surface area contributed by atoms with Gasteiger partial charge in [-0.15, -0.1) is 0 Å². The molecule has 1 saturated heterocycles. The first-order valence-corrected chi connectivity index (χ1v) is 7.40. The molecule has 1 unspecified atom stereocenters. The van der Waals surface area contributed by atoms with Gasteiger partial charge in [-0.1, -0.05) is 23.7 Å². The minimum Gasteiger partial charge on any atom is -0.330 e. The summed E-state index contributed by atoms with van der Waals surface area (Å²) >= 11 is 6.03. The maximum absolute atomic E-state index is 6.03. The fourth-order valence-corrected chi connectivity index (χ4v) is 2.83. The van der Waals surface area contributed by atoms with Crippen molar-refractivity contribution in [3.8, 4) is 0 Å². The minimum atomic E-state index is 0.516.